The minimum absolute atomic E-state index is 0.0948. The zero-order valence-electron chi connectivity index (χ0n) is 14.3. The minimum Gasteiger partial charge on any atom is -0.267 e. The first-order valence-electron chi connectivity index (χ1n) is 8.12. The number of benzene rings is 2. The fourth-order valence-electron chi connectivity index (χ4n) is 2.67. The van der Waals surface area contributed by atoms with Crippen molar-refractivity contribution in [2.45, 2.75) is 6.92 Å². The van der Waals surface area contributed by atoms with Crippen LogP contribution >= 0.6 is 0 Å². The van der Waals surface area contributed by atoms with E-state index in [0.717, 1.165) is 22.0 Å². The van der Waals surface area contributed by atoms with Crippen LogP contribution in [0.25, 0.3) is 16.7 Å². The molecule has 0 fully saturated rings. The van der Waals surface area contributed by atoms with Gasteiger partial charge in [-0.3, -0.25) is 15.0 Å². The third kappa shape index (κ3) is 3.08. The Bertz CT molecular complexity index is 1210. The summed E-state index contributed by atoms with van der Waals surface area (Å²) in [5.41, 5.74) is 4.26. The lowest BCUT2D eigenvalue weighted by Gasteiger charge is -2.08. The van der Waals surface area contributed by atoms with Crippen molar-refractivity contribution >= 4 is 16.9 Å². The number of carbonyl (C=O) groups is 1. The quantitative estimate of drug-likeness (QED) is 0.606. The highest BCUT2D eigenvalue weighted by Crippen LogP contribution is 2.14. The van der Waals surface area contributed by atoms with Gasteiger partial charge in [-0.1, -0.05) is 23.8 Å². The van der Waals surface area contributed by atoms with Crippen LogP contribution in [0.4, 0.5) is 4.39 Å². The molecule has 134 valence electrons. The van der Waals surface area contributed by atoms with Crippen LogP contribution in [-0.4, -0.2) is 25.3 Å². The Balaban J connectivity index is 1.70. The number of nitrogens with zero attached hydrogens (tertiary/aromatic N) is 4. The van der Waals surface area contributed by atoms with Crippen LogP contribution in [0.15, 0.2) is 65.8 Å². The van der Waals surface area contributed by atoms with Crippen molar-refractivity contribution in [2.75, 3.05) is 5.43 Å². The van der Waals surface area contributed by atoms with Gasteiger partial charge in [0.1, 0.15) is 17.5 Å². The smallest absolute Gasteiger partial charge is 0.267 e. The topological polar surface area (TPSA) is 81.8 Å². The largest absolute Gasteiger partial charge is 0.283 e. The molecule has 0 aliphatic carbocycles. The van der Waals surface area contributed by atoms with E-state index >= 15 is 0 Å². The van der Waals surface area contributed by atoms with Crippen LogP contribution in [0.3, 0.4) is 0 Å². The second-order valence-electron chi connectivity index (χ2n) is 6.00. The van der Waals surface area contributed by atoms with Crippen molar-refractivity contribution in [3.05, 3.63) is 88.4 Å². The lowest BCUT2D eigenvalue weighted by atomic mass is 10.2. The van der Waals surface area contributed by atoms with Crippen LogP contribution in [-0.2, 0) is 0 Å². The number of hydrogen-bond donors (Lipinski definition) is 1. The van der Waals surface area contributed by atoms with E-state index in [4.69, 9.17) is 0 Å². The molecule has 0 atom stereocenters. The first-order valence-corrected chi connectivity index (χ1v) is 8.12. The van der Waals surface area contributed by atoms with Gasteiger partial charge in [-0.15, -0.1) is 0 Å². The number of halogens is 1. The second-order valence-corrected chi connectivity index (χ2v) is 6.00. The van der Waals surface area contributed by atoms with E-state index in [2.05, 4.69) is 15.5 Å². The highest BCUT2D eigenvalue weighted by Gasteiger charge is 2.13. The molecule has 8 heteroatoms. The highest BCUT2D eigenvalue weighted by atomic mass is 19.1. The third-order valence-electron chi connectivity index (χ3n) is 4.08. The Kier molecular flexibility index (Phi) is 4.00. The van der Waals surface area contributed by atoms with Crippen LogP contribution < -0.4 is 11.0 Å². The molecular weight excluding hydrogens is 349 g/mol. The van der Waals surface area contributed by atoms with Gasteiger partial charge in [0.25, 0.3) is 11.5 Å². The first kappa shape index (κ1) is 16.6. The average molecular weight is 363 g/mol. The zero-order chi connectivity index (χ0) is 19.0. The fourth-order valence-corrected chi connectivity index (χ4v) is 2.67. The predicted molar refractivity (Wildman–Crippen MR) is 98.0 cm³/mol. The van der Waals surface area contributed by atoms with Gasteiger partial charge in [-0.25, -0.2) is 18.7 Å². The third-order valence-corrected chi connectivity index (χ3v) is 4.08. The van der Waals surface area contributed by atoms with Crippen molar-refractivity contribution in [3.8, 4) is 5.69 Å². The Labute approximate surface area is 152 Å². The molecule has 4 aromatic rings. The van der Waals surface area contributed by atoms with Crippen LogP contribution in [0.2, 0.25) is 0 Å². The van der Waals surface area contributed by atoms with E-state index in [1.165, 1.54) is 30.7 Å². The molecule has 4 rings (SSSR count). The first-order chi connectivity index (χ1) is 13.0. The molecule has 0 aliphatic rings. The van der Waals surface area contributed by atoms with E-state index in [9.17, 15) is 14.0 Å². The standard InChI is InChI=1S/C19H14FN5O2/c1-12-5-7-15(8-6-12)25-17-16(10-22-25)19(27)24(11-21-17)23-18(26)13-3-2-4-14(20)9-13/h2-11H,1H3,(H,23,26). The van der Waals surface area contributed by atoms with Gasteiger partial charge in [0, 0.05) is 5.56 Å². The average Bonchev–Trinajstić information content (AvgIpc) is 3.09. The van der Waals surface area contributed by atoms with E-state index in [0.29, 0.717) is 5.65 Å². The summed E-state index contributed by atoms with van der Waals surface area (Å²) in [6, 6.07) is 12.8. The summed E-state index contributed by atoms with van der Waals surface area (Å²) < 4.78 is 15.8. The molecule has 0 unspecified atom stereocenters. The molecule has 27 heavy (non-hydrogen) atoms. The lowest BCUT2D eigenvalue weighted by molar-refractivity contribution is 0.101. The molecule has 0 saturated heterocycles. The predicted octanol–water partition coefficient (Wildman–Crippen LogP) is 2.41. The van der Waals surface area contributed by atoms with Gasteiger partial charge >= 0.3 is 0 Å². The zero-order valence-corrected chi connectivity index (χ0v) is 14.3. The minimum atomic E-state index is -0.622. The SMILES string of the molecule is Cc1ccc(-n2ncc3c(=O)n(NC(=O)c4cccc(F)c4)cnc32)cc1. The maximum Gasteiger partial charge on any atom is 0.283 e. The normalized spacial score (nSPS) is 10.9. The van der Waals surface area contributed by atoms with Gasteiger partial charge in [-0.05, 0) is 37.3 Å². The number of aromatic nitrogens is 4. The van der Waals surface area contributed by atoms with Crippen molar-refractivity contribution in [1.82, 2.24) is 19.4 Å². The number of nitrogens with one attached hydrogen (secondary N) is 1. The summed E-state index contributed by atoms with van der Waals surface area (Å²) in [7, 11) is 0. The maximum absolute atomic E-state index is 13.3. The molecule has 0 saturated carbocycles. The second kappa shape index (κ2) is 6.49. The monoisotopic (exact) mass is 363 g/mol. The highest BCUT2D eigenvalue weighted by molar-refractivity contribution is 6.00. The molecule has 0 aliphatic heterocycles. The van der Waals surface area contributed by atoms with Gasteiger partial charge < -0.3 is 0 Å². The number of carbonyl (C=O) groups excluding carboxylic acids is 1. The van der Waals surface area contributed by atoms with Crippen molar-refractivity contribution < 1.29 is 9.18 Å². The van der Waals surface area contributed by atoms with Gasteiger partial charge in [0.05, 0.1) is 11.9 Å². The van der Waals surface area contributed by atoms with E-state index in [-0.39, 0.29) is 10.9 Å². The van der Waals surface area contributed by atoms with Crippen LogP contribution in [0.1, 0.15) is 15.9 Å². The lowest BCUT2D eigenvalue weighted by Crippen LogP contribution is -2.33. The summed E-state index contributed by atoms with van der Waals surface area (Å²) in [5, 5.41) is 4.47. The molecule has 0 bridgehead atoms. The van der Waals surface area contributed by atoms with Gasteiger partial charge in [0.2, 0.25) is 0 Å². The maximum atomic E-state index is 13.3. The van der Waals surface area contributed by atoms with Crippen molar-refractivity contribution in [2.24, 2.45) is 0 Å². The van der Waals surface area contributed by atoms with Gasteiger partial charge in [-0.2, -0.15) is 5.10 Å². The summed E-state index contributed by atoms with van der Waals surface area (Å²) in [6.45, 7) is 1.98. The summed E-state index contributed by atoms with van der Waals surface area (Å²) >= 11 is 0. The summed E-state index contributed by atoms with van der Waals surface area (Å²) in [5.74, 6) is -1.16. The van der Waals surface area contributed by atoms with Crippen molar-refractivity contribution in [1.29, 1.82) is 0 Å². The van der Waals surface area contributed by atoms with Gasteiger partial charge in [0.15, 0.2) is 5.65 Å². The fraction of sp³-hybridized carbons (Fsp3) is 0.0526. The molecule has 2 aromatic heterocycles. The van der Waals surface area contributed by atoms with Crippen LogP contribution in [0, 0.1) is 12.7 Å². The van der Waals surface area contributed by atoms with E-state index in [1.54, 1.807) is 4.68 Å². The number of amides is 1. The Morgan fingerprint density at radius 1 is 1.15 bits per heavy atom. The Morgan fingerprint density at radius 3 is 2.67 bits per heavy atom. The molecule has 0 radical (unpaired) electrons. The summed E-state index contributed by atoms with van der Waals surface area (Å²) in [4.78, 5) is 29.1. The Morgan fingerprint density at radius 2 is 1.93 bits per heavy atom. The number of rotatable bonds is 3. The molecule has 2 aromatic carbocycles. The molecule has 1 amide bonds. The van der Waals surface area contributed by atoms with E-state index < -0.39 is 17.3 Å². The molecule has 2 heterocycles. The van der Waals surface area contributed by atoms with Crippen molar-refractivity contribution in [3.63, 3.8) is 0 Å². The molecular formula is C19H14FN5O2. The van der Waals surface area contributed by atoms with Crippen LogP contribution in [0.5, 0.6) is 0 Å². The Hall–Kier alpha value is -3.81. The number of aryl methyl sites for hydroxylation is 1. The number of fused-ring (bicyclic) bond motifs is 1. The molecule has 0 spiro atoms. The molecule has 1 N–H and O–H groups in total. The summed E-state index contributed by atoms with van der Waals surface area (Å²) in [6.07, 6.45) is 2.60. The number of hydrogen-bond acceptors (Lipinski definition) is 4. The molecule has 7 nitrogen and oxygen atoms in total. The van der Waals surface area contributed by atoms with E-state index in [1.807, 2.05) is 31.2 Å².